The standard InChI is InChI=1S/C14H25N3OS/c1-4-7-9-17(6-3)12-10-11(15)13(19-12)14(18)16-8-5-2/h10H,4-9,15H2,1-3H3,(H,16,18). The Kier molecular flexibility index (Phi) is 6.70. The first-order valence-electron chi connectivity index (χ1n) is 7.06. The van der Waals surface area contributed by atoms with Crippen LogP contribution in [0.1, 0.15) is 49.7 Å². The van der Waals surface area contributed by atoms with Gasteiger partial charge in [0.1, 0.15) is 4.88 Å². The molecule has 0 aliphatic rings. The number of nitrogen functional groups attached to an aromatic ring is 1. The Morgan fingerprint density at radius 2 is 2.11 bits per heavy atom. The summed E-state index contributed by atoms with van der Waals surface area (Å²) in [4.78, 5) is 14.9. The van der Waals surface area contributed by atoms with Crippen molar-refractivity contribution in [2.45, 2.75) is 40.0 Å². The van der Waals surface area contributed by atoms with Gasteiger partial charge in [0, 0.05) is 19.6 Å². The summed E-state index contributed by atoms with van der Waals surface area (Å²) in [5.41, 5.74) is 6.54. The molecule has 1 amide bonds. The Morgan fingerprint density at radius 3 is 2.68 bits per heavy atom. The third-order valence-electron chi connectivity index (χ3n) is 2.96. The number of nitrogens with two attached hydrogens (primary N) is 1. The van der Waals surface area contributed by atoms with Crippen LogP contribution in [0.2, 0.25) is 0 Å². The molecule has 0 unspecified atom stereocenters. The van der Waals surface area contributed by atoms with Crippen molar-refractivity contribution in [3.63, 3.8) is 0 Å². The summed E-state index contributed by atoms with van der Waals surface area (Å²) in [6.07, 6.45) is 3.26. The first-order chi connectivity index (χ1) is 9.13. The fourth-order valence-electron chi connectivity index (χ4n) is 1.82. The molecule has 1 rings (SSSR count). The maximum Gasteiger partial charge on any atom is 0.263 e. The van der Waals surface area contributed by atoms with Gasteiger partial charge in [-0.2, -0.15) is 0 Å². The fourth-order valence-corrected chi connectivity index (χ4v) is 2.90. The lowest BCUT2D eigenvalue weighted by molar-refractivity contribution is 0.0958. The van der Waals surface area contributed by atoms with Gasteiger partial charge in [0.15, 0.2) is 0 Å². The van der Waals surface area contributed by atoms with Crippen LogP contribution in [0.15, 0.2) is 6.07 Å². The Hall–Kier alpha value is -1.23. The first-order valence-corrected chi connectivity index (χ1v) is 7.88. The molecule has 19 heavy (non-hydrogen) atoms. The molecule has 0 radical (unpaired) electrons. The van der Waals surface area contributed by atoms with E-state index >= 15 is 0 Å². The molecule has 108 valence electrons. The van der Waals surface area contributed by atoms with Crippen molar-refractivity contribution >= 4 is 27.9 Å². The van der Waals surface area contributed by atoms with Gasteiger partial charge in [-0.25, -0.2) is 0 Å². The van der Waals surface area contributed by atoms with E-state index in [0.717, 1.165) is 30.9 Å². The van der Waals surface area contributed by atoms with E-state index in [1.165, 1.54) is 17.8 Å². The molecule has 0 fully saturated rings. The quantitative estimate of drug-likeness (QED) is 0.771. The molecule has 0 aliphatic heterocycles. The van der Waals surface area contributed by atoms with E-state index in [1.54, 1.807) is 0 Å². The number of carbonyl (C=O) groups is 1. The summed E-state index contributed by atoms with van der Waals surface area (Å²) in [6, 6.07) is 1.92. The monoisotopic (exact) mass is 283 g/mol. The number of carbonyl (C=O) groups excluding carboxylic acids is 1. The summed E-state index contributed by atoms with van der Waals surface area (Å²) in [5, 5.41) is 3.97. The summed E-state index contributed by atoms with van der Waals surface area (Å²) in [6.45, 7) is 8.99. The van der Waals surface area contributed by atoms with Crippen LogP contribution in [0, 0.1) is 0 Å². The third kappa shape index (κ3) is 4.42. The molecule has 1 aromatic heterocycles. The number of unbranched alkanes of at least 4 members (excludes halogenated alkanes) is 1. The second-order valence-corrected chi connectivity index (χ2v) is 5.59. The molecule has 0 aliphatic carbocycles. The molecular formula is C14H25N3OS. The Balaban J connectivity index is 2.79. The number of hydrogen-bond donors (Lipinski definition) is 2. The Labute approximate surface area is 120 Å². The number of nitrogens with one attached hydrogen (secondary N) is 1. The highest BCUT2D eigenvalue weighted by atomic mass is 32.1. The summed E-state index contributed by atoms with van der Waals surface area (Å²) in [5.74, 6) is -0.0536. The number of amides is 1. The van der Waals surface area contributed by atoms with E-state index in [0.29, 0.717) is 17.1 Å². The largest absolute Gasteiger partial charge is 0.397 e. The van der Waals surface area contributed by atoms with Crippen molar-refractivity contribution in [1.82, 2.24) is 5.32 Å². The van der Waals surface area contributed by atoms with Crippen molar-refractivity contribution in [2.24, 2.45) is 0 Å². The van der Waals surface area contributed by atoms with Gasteiger partial charge in [0.25, 0.3) is 5.91 Å². The molecule has 1 aromatic rings. The SMILES string of the molecule is CCCCN(CC)c1cc(N)c(C(=O)NCCC)s1. The maximum absolute atomic E-state index is 12.0. The predicted molar refractivity (Wildman–Crippen MR) is 84.2 cm³/mol. The highest BCUT2D eigenvalue weighted by Gasteiger charge is 2.16. The first kappa shape index (κ1) is 15.8. The number of rotatable bonds is 8. The van der Waals surface area contributed by atoms with Crippen molar-refractivity contribution in [1.29, 1.82) is 0 Å². The minimum Gasteiger partial charge on any atom is -0.397 e. The van der Waals surface area contributed by atoms with Crippen LogP contribution in [0.3, 0.4) is 0 Å². The van der Waals surface area contributed by atoms with Gasteiger partial charge in [-0.3, -0.25) is 4.79 Å². The lowest BCUT2D eigenvalue weighted by atomic mass is 10.3. The molecule has 0 spiro atoms. The van der Waals surface area contributed by atoms with Crippen molar-refractivity contribution in [2.75, 3.05) is 30.3 Å². The number of nitrogens with zero attached hydrogens (tertiary/aromatic N) is 1. The van der Waals surface area contributed by atoms with Crippen LogP contribution >= 0.6 is 11.3 Å². The number of thiophene rings is 1. The van der Waals surface area contributed by atoms with Gasteiger partial charge in [0.2, 0.25) is 0 Å². The molecule has 0 aromatic carbocycles. The van der Waals surface area contributed by atoms with Crippen molar-refractivity contribution < 1.29 is 4.79 Å². The van der Waals surface area contributed by atoms with Crippen molar-refractivity contribution in [3.05, 3.63) is 10.9 Å². The Morgan fingerprint density at radius 1 is 1.37 bits per heavy atom. The molecule has 0 saturated carbocycles. The van der Waals surface area contributed by atoms with Crippen LogP contribution in [-0.2, 0) is 0 Å². The fraction of sp³-hybridized carbons (Fsp3) is 0.643. The molecule has 5 heteroatoms. The minimum atomic E-state index is -0.0536. The molecule has 3 N–H and O–H groups in total. The zero-order valence-electron chi connectivity index (χ0n) is 12.2. The van der Waals surface area contributed by atoms with Gasteiger partial charge >= 0.3 is 0 Å². The van der Waals surface area contributed by atoms with Gasteiger partial charge in [-0.1, -0.05) is 20.3 Å². The summed E-state index contributed by atoms with van der Waals surface area (Å²) >= 11 is 1.49. The maximum atomic E-state index is 12.0. The normalized spacial score (nSPS) is 10.5. The van der Waals surface area contributed by atoms with Crippen LogP contribution < -0.4 is 16.0 Å². The van der Waals surface area contributed by atoms with Crippen LogP contribution in [-0.4, -0.2) is 25.5 Å². The average molecular weight is 283 g/mol. The van der Waals surface area contributed by atoms with E-state index < -0.39 is 0 Å². The van der Waals surface area contributed by atoms with Crippen LogP contribution in [0.25, 0.3) is 0 Å². The van der Waals surface area contributed by atoms with Gasteiger partial charge < -0.3 is 16.0 Å². The molecule has 4 nitrogen and oxygen atoms in total. The number of hydrogen-bond acceptors (Lipinski definition) is 4. The van der Waals surface area contributed by atoms with Crippen LogP contribution in [0.4, 0.5) is 10.7 Å². The molecule has 0 bridgehead atoms. The average Bonchev–Trinajstić information content (AvgIpc) is 2.79. The second-order valence-electron chi connectivity index (χ2n) is 4.56. The van der Waals surface area contributed by atoms with E-state index in [4.69, 9.17) is 5.73 Å². The third-order valence-corrected chi connectivity index (χ3v) is 4.17. The molecular weight excluding hydrogens is 258 g/mol. The second kappa shape index (κ2) is 8.04. The van der Waals surface area contributed by atoms with E-state index in [2.05, 4.69) is 24.1 Å². The molecule has 0 saturated heterocycles. The number of anilines is 2. The molecule has 0 atom stereocenters. The van der Waals surface area contributed by atoms with E-state index in [-0.39, 0.29) is 5.91 Å². The zero-order valence-corrected chi connectivity index (χ0v) is 13.0. The van der Waals surface area contributed by atoms with Crippen molar-refractivity contribution in [3.8, 4) is 0 Å². The summed E-state index contributed by atoms with van der Waals surface area (Å²) in [7, 11) is 0. The molecule has 1 heterocycles. The smallest absolute Gasteiger partial charge is 0.263 e. The van der Waals surface area contributed by atoms with Crippen LogP contribution in [0.5, 0.6) is 0 Å². The van der Waals surface area contributed by atoms with Gasteiger partial charge in [0.05, 0.1) is 10.7 Å². The highest BCUT2D eigenvalue weighted by molar-refractivity contribution is 7.18. The Bertz CT molecular complexity index is 403. The highest BCUT2D eigenvalue weighted by Crippen LogP contribution is 2.32. The van der Waals surface area contributed by atoms with E-state index in [9.17, 15) is 4.79 Å². The van der Waals surface area contributed by atoms with E-state index in [1.807, 2.05) is 13.0 Å². The predicted octanol–water partition coefficient (Wildman–Crippen LogP) is 3.10. The topological polar surface area (TPSA) is 58.4 Å². The summed E-state index contributed by atoms with van der Waals surface area (Å²) < 4.78 is 0. The zero-order chi connectivity index (χ0) is 14.3. The van der Waals surface area contributed by atoms with Gasteiger partial charge in [-0.15, -0.1) is 11.3 Å². The lowest BCUT2D eigenvalue weighted by Crippen LogP contribution is -2.24. The van der Waals surface area contributed by atoms with Gasteiger partial charge in [-0.05, 0) is 25.8 Å². The lowest BCUT2D eigenvalue weighted by Gasteiger charge is -2.20. The minimum absolute atomic E-state index is 0.0536.